The SMILES string of the molecule is CC(=O)Oc1ccc(S(=O)(=O)c2ccccc2)c(O)c1CCCCCCCCCO. The number of esters is 1. The Kier molecular flexibility index (Phi) is 9.33. The second kappa shape index (κ2) is 11.7. The number of hydrogen-bond donors (Lipinski definition) is 2. The summed E-state index contributed by atoms with van der Waals surface area (Å²) in [6.07, 6.45) is 7.01. The maximum absolute atomic E-state index is 13.0. The van der Waals surface area contributed by atoms with E-state index in [1.165, 1.54) is 31.2 Å². The molecule has 0 saturated carbocycles. The van der Waals surface area contributed by atoms with Crippen LogP contribution in [-0.2, 0) is 21.1 Å². The molecule has 0 spiro atoms. The summed E-state index contributed by atoms with van der Waals surface area (Å²) < 4.78 is 31.1. The highest BCUT2D eigenvalue weighted by Crippen LogP contribution is 2.38. The van der Waals surface area contributed by atoms with Crippen molar-refractivity contribution in [3.05, 3.63) is 48.0 Å². The number of hydrogen-bond acceptors (Lipinski definition) is 6. The molecule has 0 aliphatic heterocycles. The van der Waals surface area contributed by atoms with Crippen LogP contribution in [0.25, 0.3) is 0 Å². The predicted molar refractivity (Wildman–Crippen MR) is 114 cm³/mol. The number of aromatic hydroxyl groups is 1. The van der Waals surface area contributed by atoms with Gasteiger partial charge >= 0.3 is 5.97 Å². The number of unbranched alkanes of at least 4 members (excludes halogenated alkanes) is 6. The van der Waals surface area contributed by atoms with Crippen molar-refractivity contribution in [2.24, 2.45) is 0 Å². The van der Waals surface area contributed by atoms with Gasteiger partial charge in [-0.15, -0.1) is 0 Å². The van der Waals surface area contributed by atoms with E-state index in [1.54, 1.807) is 18.2 Å². The van der Waals surface area contributed by atoms with Gasteiger partial charge in [-0.25, -0.2) is 8.42 Å². The molecule has 0 aromatic heterocycles. The second-order valence-corrected chi connectivity index (χ2v) is 9.17. The van der Waals surface area contributed by atoms with Gasteiger partial charge in [0.05, 0.1) is 4.90 Å². The first-order valence-electron chi connectivity index (χ1n) is 10.3. The van der Waals surface area contributed by atoms with Gasteiger partial charge in [0.15, 0.2) is 0 Å². The van der Waals surface area contributed by atoms with Crippen molar-refractivity contribution in [3.63, 3.8) is 0 Å². The van der Waals surface area contributed by atoms with Crippen molar-refractivity contribution in [1.29, 1.82) is 0 Å². The molecule has 7 heteroatoms. The maximum Gasteiger partial charge on any atom is 0.308 e. The van der Waals surface area contributed by atoms with Gasteiger partial charge in [-0.2, -0.15) is 0 Å². The lowest BCUT2D eigenvalue weighted by atomic mass is 10.0. The third kappa shape index (κ3) is 6.57. The van der Waals surface area contributed by atoms with Crippen LogP contribution in [0.2, 0.25) is 0 Å². The molecule has 30 heavy (non-hydrogen) atoms. The van der Waals surface area contributed by atoms with Gasteiger partial charge in [-0.1, -0.05) is 50.3 Å². The van der Waals surface area contributed by atoms with Crippen LogP contribution < -0.4 is 4.74 Å². The molecule has 0 amide bonds. The van der Waals surface area contributed by atoms with Gasteiger partial charge in [0.25, 0.3) is 0 Å². The maximum atomic E-state index is 13.0. The number of benzene rings is 2. The average Bonchev–Trinajstić information content (AvgIpc) is 2.72. The molecule has 0 fully saturated rings. The number of phenols is 1. The summed E-state index contributed by atoms with van der Waals surface area (Å²) >= 11 is 0. The molecule has 6 nitrogen and oxygen atoms in total. The molecule has 0 aliphatic carbocycles. The molecular formula is C23H30O6S. The molecule has 0 aliphatic rings. The molecule has 0 bridgehead atoms. The Balaban J connectivity index is 2.18. The summed E-state index contributed by atoms with van der Waals surface area (Å²) in [5.74, 6) is -0.700. The fourth-order valence-electron chi connectivity index (χ4n) is 3.33. The number of ether oxygens (including phenoxy) is 1. The molecule has 2 aromatic rings. The lowest BCUT2D eigenvalue weighted by Gasteiger charge is -2.15. The number of phenolic OH excluding ortho intramolecular Hbond substituents is 1. The Morgan fingerprint density at radius 3 is 2.10 bits per heavy atom. The van der Waals surface area contributed by atoms with Crippen molar-refractivity contribution in [2.75, 3.05) is 6.61 Å². The molecular weight excluding hydrogens is 404 g/mol. The second-order valence-electron chi connectivity index (χ2n) is 7.25. The lowest BCUT2D eigenvalue weighted by Crippen LogP contribution is -2.08. The molecule has 2 rings (SSSR count). The van der Waals surface area contributed by atoms with Gasteiger partial charge in [0.2, 0.25) is 9.84 Å². The minimum absolute atomic E-state index is 0.0920. The Morgan fingerprint density at radius 2 is 1.50 bits per heavy atom. The fraction of sp³-hybridized carbons (Fsp3) is 0.435. The smallest absolute Gasteiger partial charge is 0.308 e. The normalized spacial score (nSPS) is 11.4. The summed E-state index contributed by atoms with van der Waals surface area (Å²) in [5, 5.41) is 19.6. The number of aliphatic hydroxyl groups excluding tert-OH is 1. The molecule has 2 aromatic carbocycles. The first-order valence-corrected chi connectivity index (χ1v) is 11.8. The summed E-state index contributed by atoms with van der Waals surface area (Å²) in [6, 6.07) is 10.6. The molecule has 0 heterocycles. The van der Waals surface area contributed by atoms with Gasteiger partial charge in [0, 0.05) is 19.1 Å². The van der Waals surface area contributed by atoms with Crippen LogP contribution in [0, 0.1) is 0 Å². The number of rotatable bonds is 12. The average molecular weight is 435 g/mol. The quantitative estimate of drug-likeness (QED) is 0.291. The monoisotopic (exact) mass is 434 g/mol. The van der Waals surface area contributed by atoms with Crippen molar-refractivity contribution in [1.82, 2.24) is 0 Å². The zero-order valence-electron chi connectivity index (χ0n) is 17.3. The van der Waals surface area contributed by atoms with E-state index in [2.05, 4.69) is 0 Å². The number of carbonyl (C=O) groups is 1. The first kappa shape index (κ1) is 23.9. The van der Waals surface area contributed by atoms with Gasteiger partial charge in [-0.3, -0.25) is 4.79 Å². The zero-order chi connectivity index (χ0) is 22.0. The molecule has 0 radical (unpaired) electrons. The number of aliphatic hydroxyl groups is 1. The van der Waals surface area contributed by atoms with Gasteiger partial charge in [0.1, 0.15) is 16.4 Å². The van der Waals surface area contributed by atoms with E-state index in [9.17, 15) is 18.3 Å². The van der Waals surface area contributed by atoms with Crippen LogP contribution in [0.5, 0.6) is 11.5 Å². The van der Waals surface area contributed by atoms with Gasteiger partial charge in [-0.05, 0) is 43.5 Å². The first-order chi connectivity index (χ1) is 14.4. The van der Waals surface area contributed by atoms with E-state index in [-0.39, 0.29) is 27.9 Å². The van der Waals surface area contributed by atoms with Crippen molar-refractivity contribution < 1.29 is 28.2 Å². The number of carbonyl (C=O) groups excluding carboxylic acids is 1. The van der Waals surface area contributed by atoms with E-state index in [0.29, 0.717) is 12.0 Å². The molecule has 0 unspecified atom stereocenters. The number of sulfone groups is 1. The Morgan fingerprint density at radius 1 is 0.900 bits per heavy atom. The van der Waals surface area contributed by atoms with E-state index in [4.69, 9.17) is 9.84 Å². The van der Waals surface area contributed by atoms with E-state index in [1.807, 2.05) is 0 Å². The fourth-order valence-corrected chi connectivity index (χ4v) is 4.72. The van der Waals surface area contributed by atoms with E-state index in [0.717, 1.165) is 44.9 Å². The third-order valence-corrected chi connectivity index (χ3v) is 6.69. The third-order valence-electron chi connectivity index (χ3n) is 4.88. The summed E-state index contributed by atoms with van der Waals surface area (Å²) in [6.45, 7) is 1.49. The van der Waals surface area contributed by atoms with Crippen molar-refractivity contribution in [2.45, 2.75) is 68.1 Å². The van der Waals surface area contributed by atoms with Crippen LogP contribution in [0.1, 0.15) is 57.4 Å². The molecule has 0 saturated heterocycles. The van der Waals surface area contributed by atoms with Crippen LogP contribution >= 0.6 is 0 Å². The Hall–Kier alpha value is -2.38. The summed E-state index contributed by atoms with van der Waals surface area (Å²) in [4.78, 5) is 11.3. The van der Waals surface area contributed by atoms with Crippen LogP contribution in [-0.4, -0.2) is 31.2 Å². The predicted octanol–water partition coefficient (Wildman–Crippen LogP) is 4.42. The largest absolute Gasteiger partial charge is 0.506 e. The summed E-state index contributed by atoms with van der Waals surface area (Å²) in [5.41, 5.74) is 0.336. The zero-order valence-corrected chi connectivity index (χ0v) is 18.2. The lowest BCUT2D eigenvalue weighted by molar-refractivity contribution is -0.131. The Bertz CT molecular complexity index is 922. The standard InChI is InChI=1S/C23H30O6S/c1-18(25)29-21-15-16-22(30(27,28)19-12-8-7-9-13-19)23(26)20(21)14-10-5-3-2-4-6-11-17-24/h7-9,12-13,15-16,24,26H,2-6,10-11,14,17H2,1H3. The minimum Gasteiger partial charge on any atom is -0.506 e. The Labute approximate surface area is 178 Å². The topological polar surface area (TPSA) is 101 Å². The molecule has 0 atom stereocenters. The molecule has 2 N–H and O–H groups in total. The van der Waals surface area contributed by atoms with Crippen molar-refractivity contribution >= 4 is 15.8 Å². The van der Waals surface area contributed by atoms with Crippen LogP contribution in [0.4, 0.5) is 0 Å². The van der Waals surface area contributed by atoms with E-state index < -0.39 is 15.8 Å². The minimum atomic E-state index is -3.90. The van der Waals surface area contributed by atoms with E-state index >= 15 is 0 Å². The van der Waals surface area contributed by atoms with Crippen LogP contribution in [0.15, 0.2) is 52.3 Å². The summed E-state index contributed by atoms with van der Waals surface area (Å²) in [7, 11) is -3.90. The highest BCUT2D eigenvalue weighted by Gasteiger charge is 2.25. The molecule has 164 valence electrons. The van der Waals surface area contributed by atoms with Gasteiger partial charge < -0.3 is 14.9 Å². The highest BCUT2D eigenvalue weighted by molar-refractivity contribution is 7.91. The van der Waals surface area contributed by atoms with Crippen molar-refractivity contribution in [3.8, 4) is 11.5 Å². The highest BCUT2D eigenvalue weighted by atomic mass is 32.2. The van der Waals surface area contributed by atoms with Crippen LogP contribution in [0.3, 0.4) is 0 Å².